The molecule has 0 radical (unpaired) electrons. The summed E-state index contributed by atoms with van der Waals surface area (Å²) in [5.41, 5.74) is 16.4. The van der Waals surface area contributed by atoms with Crippen LogP contribution in [0.1, 0.15) is 73.6 Å². The molecular formula is C84H77N7O6+4. The number of hydrogen-bond donors (Lipinski definition) is 2. The molecule has 5 unspecified atom stereocenters. The van der Waals surface area contributed by atoms with E-state index in [1.807, 2.05) is 36.4 Å². The predicted octanol–water partition coefficient (Wildman–Crippen LogP) is 16.5. The molecule has 4 aliphatic rings. The van der Waals surface area contributed by atoms with Gasteiger partial charge in [0.2, 0.25) is 11.4 Å². The molecule has 0 bridgehead atoms. The average Bonchev–Trinajstić information content (AvgIpc) is 1.60. The van der Waals surface area contributed by atoms with Crippen LogP contribution in [-0.4, -0.2) is 63.5 Å². The van der Waals surface area contributed by atoms with E-state index in [0.29, 0.717) is 19.3 Å². The van der Waals surface area contributed by atoms with Gasteiger partial charge in [0.05, 0.1) is 50.5 Å². The van der Waals surface area contributed by atoms with Gasteiger partial charge in [-0.3, -0.25) is 40.1 Å². The molecule has 0 fully saturated rings. The zero-order chi connectivity index (χ0) is 67.9. The number of likely N-dealkylation sites (N-methyl/N-ethyl adjacent to an activating group) is 2. The number of nitrogens with one attached hydrogen (secondary N) is 2. The summed E-state index contributed by atoms with van der Waals surface area (Å²) in [7, 11) is 8.67. The Morgan fingerprint density at radius 1 is 0.392 bits per heavy atom. The largest absolute Gasteiger partial charge is 0.275 e. The second-order valence-electron chi connectivity index (χ2n) is 27.7. The van der Waals surface area contributed by atoms with Crippen LogP contribution in [0.3, 0.4) is 0 Å². The van der Waals surface area contributed by atoms with Crippen molar-refractivity contribution in [2.45, 2.75) is 75.5 Å². The van der Waals surface area contributed by atoms with Crippen molar-refractivity contribution in [3.05, 3.63) is 336 Å². The van der Waals surface area contributed by atoms with Gasteiger partial charge in [0.15, 0.2) is 11.4 Å². The first-order chi connectivity index (χ1) is 46.6. The highest BCUT2D eigenvalue weighted by Gasteiger charge is 2.52. The molecule has 0 saturated carbocycles. The molecule has 2 N–H and O–H groups in total. The highest BCUT2D eigenvalue weighted by molar-refractivity contribution is 6.09. The molecule has 5 atom stereocenters. The van der Waals surface area contributed by atoms with Crippen molar-refractivity contribution in [1.82, 2.24) is 0 Å². The number of fused-ring (bicyclic) bond motifs is 12. The summed E-state index contributed by atoms with van der Waals surface area (Å²) < 4.78 is 4.60. The summed E-state index contributed by atoms with van der Waals surface area (Å²) in [6.07, 6.45) is 15.2. The van der Waals surface area contributed by atoms with Gasteiger partial charge in [-0.2, -0.15) is 9.15 Å². The number of non-ortho nitro benzene ring substituents is 2. The Labute approximate surface area is 564 Å². The Morgan fingerprint density at radius 2 is 0.763 bits per heavy atom. The van der Waals surface area contributed by atoms with Gasteiger partial charge in [-0.25, -0.2) is 0 Å². The fourth-order valence-electron chi connectivity index (χ4n) is 17.1. The van der Waals surface area contributed by atoms with Crippen molar-refractivity contribution >= 4 is 94.3 Å². The lowest BCUT2D eigenvalue weighted by atomic mass is 9.72. The van der Waals surface area contributed by atoms with E-state index in [1.54, 1.807) is 36.4 Å². The first kappa shape index (κ1) is 63.3. The van der Waals surface area contributed by atoms with Gasteiger partial charge in [-0.1, -0.05) is 152 Å². The summed E-state index contributed by atoms with van der Waals surface area (Å²) in [5, 5.41) is 44.7. The van der Waals surface area contributed by atoms with Crippen LogP contribution >= 0.6 is 0 Å². The summed E-state index contributed by atoms with van der Waals surface area (Å²) in [6, 6.07) is 72.8. The molecule has 480 valence electrons. The van der Waals surface area contributed by atoms with Gasteiger partial charge in [0.25, 0.3) is 17.1 Å². The van der Waals surface area contributed by atoms with Gasteiger partial charge in [-0.05, 0) is 145 Å². The minimum absolute atomic E-state index is 0.0812. The Kier molecular flexibility index (Phi) is 15.8. The maximum Gasteiger partial charge on any atom is 0.272 e. The molecule has 13 heteroatoms. The van der Waals surface area contributed by atoms with Crippen LogP contribution in [0, 0.1) is 30.3 Å². The average molecular weight is 1280 g/mol. The highest BCUT2D eigenvalue weighted by Crippen LogP contribution is 2.50. The molecule has 0 saturated heterocycles. The molecule has 15 rings (SSSR count). The lowest BCUT2D eigenvalue weighted by Gasteiger charge is -2.26. The van der Waals surface area contributed by atoms with Crippen molar-refractivity contribution in [2.75, 3.05) is 28.2 Å². The molecule has 11 aromatic rings. The van der Waals surface area contributed by atoms with Crippen LogP contribution < -0.4 is 9.80 Å². The molecule has 13 nitrogen and oxygen atoms in total. The van der Waals surface area contributed by atoms with Crippen LogP contribution in [0.2, 0.25) is 0 Å². The number of nitro benzene ring substituents is 3. The Balaban J connectivity index is 0.000000169. The number of nitrogens with zero attached hydrogens (tertiary/aromatic N) is 5. The highest BCUT2D eigenvalue weighted by atomic mass is 16.6. The number of allylic oxidation sites excluding steroid dienone is 8. The number of rotatable bonds is 13. The van der Waals surface area contributed by atoms with Gasteiger partial charge in [-0.15, -0.1) is 0 Å². The van der Waals surface area contributed by atoms with Crippen LogP contribution in [0.25, 0.3) is 43.1 Å². The smallest absolute Gasteiger partial charge is 0.272 e. The second-order valence-corrected chi connectivity index (χ2v) is 27.7. The normalized spacial score (nSPS) is 21.5. The maximum absolute atomic E-state index is 12.1. The van der Waals surface area contributed by atoms with Gasteiger partial charge < -0.3 is 0 Å². The molecule has 11 aromatic carbocycles. The number of benzene rings is 11. The second kappa shape index (κ2) is 24.3. The third kappa shape index (κ3) is 10.6. The van der Waals surface area contributed by atoms with Gasteiger partial charge in [0, 0.05) is 94.6 Å². The van der Waals surface area contributed by atoms with Crippen molar-refractivity contribution in [3.8, 4) is 0 Å². The lowest BCUT2D eigenvalue weighted by Crippen LogP contribution is -3.01. The van der Waals surface area contributed by atoms with E-state index in [9.17, 15) is 30.3 Å². The maximum atomic E-state index is 12.1. The van der Waals surface area contributed by atoms with E-state index in [2.05, 4.69) is 254 Å². The standard InChI is InChI=1S/C45H39N4O4.C39H36N3O2/c1-44(28-30-16-22-34(23-17-30)48(50)51)40(46(3)38-26-20-32-10-5-7-12-36(32)42(38)44)14-9-15-41-45(2,29-31-18-24-35(25-19-31)49(52)53)43-37-13-8-6-11-33(37)21-27-39(43)47(41)4;1-38(2)34(40(4)32-23-21-26-13-6-9-16-29(26)36(32)38)19-12-20-35-39(3,25-28-15-8-11-18-31(28)42(43)44)37-30-17-10-7-14-27(30)22-24-33(37)41(35)5/h5-27H,28-29H2,1-4H3;6-24H,25H2,1-5H3/q2*+1/p+2. The Bertz CT molecular complexity index is 5330. The molecule has 97 heavy (non-hydrogen) atoms. The zero-order valence-electron chi connectivity index (χ0n) is 56.1. The predicted molar refractivity (Wildman–Crippen MR) is 391 cm³/mol. The van der Waals surface area contributed by atoms with Crippen molar-refractivity contribution in [3.63, 3.8) is 0 Å². The molecule has 4 aliphatic heterocycles. The van der Waals surface area contributed by atoms with Crippen molar-refractivity contribution in [1.29, 1.82) is 0 Å². The lowest BCUT2D eigenvalue weighted by molar-refractivity contribution is -0.764. The first-order valence-corrected chi connectivity index (χ1v) is 33.1. The summed E-state index contributed by atoms with van der Waals surface area (Å²) >= 11 is 0. The zero-order valence-corrected chi connectivity index (χ0v) is 56.1. The third-order valence-corrected chi connectivity index (χ3v) is 21.6. The summed E-state index contributed by atoms with van der Waals surface area (Å²) in [4.78, 5) is 36.4. The molecule has 0 spiro atoms. The van der Waals surface area contributed by atoms with Crippen LogP contribution in [0.5, 0.6) is 0 Å². The number of para-hydroxylation sites is 1. The van der Waals surface area contributed by atoms with Crippen molar-refractivity contribution < 1.29 is 33.7 Å². The fourth-order valence-corrected chi connectivity index (χ4v) is 17.1. The Hall–Kier alpha value is -11.1. The van der Waals surface area contributed by atoms with E-state index >= 15 is 0 Å². The van der Waals surface area contributed by atoms with Crippen LogP contribution in [0.15, 0.2) is 266 Å². The molecule has 0 aliphatic carbocycles. The van der Waals surface area contributed by atoms with Crippen LogP contribution in [-0.2, 0) is 40.9 Å². The SMILES string of the molecule is C[N+]1=C(/C=C/C=C2\[NH+](C)c3ccc4ccccc4c3C2(C)Cc2ccc([N+](=O)[O-])cc2)C(C)(Cc2ccc([N+](=O)[O-])cc2)c2c1ccc1ccccc21.C[N+]1=C(/C=C/C=C2\[NH+](C)c3ccc4ccccc4c3C2(C)Cc2ccccc2[N+](=O)[O-])C(C)(C)c2c1ccc1ccccc21. The topological polar surface area (TPSA) is 144 Å². The van der Waals surface area contributed by atoms with E-state index in [-0.39, 0.29) is 37.2 Å². The first-order valence-electron chi connectivity index (χ1n) is 33.1. The minimum atomic E-state index is -0.461. The monoisotopic (exact) mass is 1280 g/mol. The minimum Gasteiger partial charge on any atom is -0.275 e. The quantitative estimate of drug-likeness (QED) is 0.0668. The van der Waals surface area contributed by atoms with Crippen molar-refractivity contribution in [2.24, 2.45) is 0 Å². The molecule has 0 amide bonds. The van der Waals surface area contributed by atoms with E-state index in [0.717, 1.165) is 28.1 Å². The number of quaternary nitrogens is 2. The molecular weight excluding hydrogens is 1200 g/mol. The van der Waals surface area contributed by atoms with Gasteiger partial charge in [0.1, 0.15) is 36.9 Å². The Morgan fingerprint density at radius 3 is 1.23 bits per heavy atom. The van der Waals surface area contributed by atoms with Crippen LogP contribution in [0.4, 0.5) is 39.8 Å². The van der Waals surface area contributed by atoms with E-state index < -0.39 is 16.2 Å². The van der Waals surface area contributed by atoms with E-state index in [1.165, 1.54) is 109 Å². The fraction of sp³-hybridized carbons (Fsp3) is 0.190. The number of hydrogen-bond acceptors (Lipinski definition) is 6. The third-order valence-electron chi connectivity index (χ3n) is 21.6. The summed E-state index contributed by atoms with van der Waals surface area (Å²) in [5.74, 6) is 0. The van der Waals surface area contributed by atoms with E-state index in [4.69, 9.17) is 0 Å². The molecule has 4 heterocycles. The molecule has 0 aromatic heterocycles. The number of nitro groups is 3. The summed E-state index contributed by atoms with van der Waals surface area (Å²) in [6.45, 7) is 11.4. The van der Waals surface area contributed by atoms with Gasteiger partial charge >= 0.3 is 0 Å².